The molecule has 0 amide bonds. The maximum absolute atomic E-state index is 12.3. The lowest BCUT2D eigenvalue weighted by Crippen LogP contribution is -2.07. The molecule has 1 heterocycles. The number of nitrogens with zero attached hydrogens (tertiary/aromatic N) is 3. The fourth-order valence-corrected chi connectivity index (χ4v) is 2.24. The average Bonchev–Trinajstić information content (AvgIpc) is 2.83. The zero-order valence-corrected chi connectivity index (χ0v) is 11.1. The smallest absolute Gasteiger partial charge is 0.171 e. The predicted molar refractivity (Wildman–Crippen MR) is 77.4 cm³/mol. The number of rotatable bonds is 3. The minimum atomic E-state index is -0.0475. The van der Waals surface area contributed by atoms with Gasteiger partial charge in [0.1, 0.15) is 0 Å². The van der Waals surface area contributed by atoms with Crippen LogP contribution in [0.4, 0.5) is 5.69 Å². The lowest BCUT2D eigenvalue weighted by atomic mass is 10.00. The predicted octanol–water partition coefficient (Wildman–Crippen LogP) is 1.98. The summed E-state index contributed by atoms with van der Waals surface area (Å²) in [6, 6.07) is 11.5. The van der Waals surface area contributed by atoms with E-state index in [2.05, 4.69) is 10.3 Å². The molecule has 2 N–H and O–H groups in total. The summed E-state index contributed by atoms with van der Waals surface area (Å²) in [5.74, 6) is -0.0475. The van der Waals surface area contributed by atoms with Crippen LogP contribution in [0.15, 0.2) is 42.6 Å². The molecule has 5 nitrogen and oxygen atoms in total. The maximum atomic E-state index is 12.3. The number of benzene rings is 2. The molecule has 0 fully saturated rings. The number of aromatic nitrogens is 3. The Morgan fingerprint density at radius 3 is 2.60 bits per heavy atom. The van der Waals surface area contributed by atoms with Crippen LogP contribution in [0, 0.1) is 0 Å². The third kappa shape index (κ3) is 2.25. The van der Waals surface area contributed by atoms with E-state index in [-0.39, 0.29) is 12.2 Å². The molecule has 0 saturated carbocycles. The Kier molecular flexibility index (Phi) is 2.95. The van der Waals surface area contributed by atoms with E-state index in [1.807, 2.05) is 36.4 Å². The van der Waals surface area contributed by atoms with Gasteiger partial charge in [-0.2, -0.15) is 0 Å². The van der Waals surface area contributed by atoms with Gasteiger partial charge in [0.25, 0.3) is 0 Å². The molecule has 0 spiro atoms. The summed E-state index contributed by atoms with van der Waals surface area (Å²) in [4.78, 5) is 12.3. The van der Waals surface area contributed by atoms with Gasteiger partial charge in [0.15, 0.2) is 5.78 Å². The molecule has 20 heavy (non-hydrogen) atoms. The first-order valence-corrected chi connectivity index (χ1v) is 6.30. The van der Waals surface area contributed by atoms with Gasteiger partial charge in [0.05, 0.1) is 12.1 Å². The van der Waals surface area contributed by atoms with E-state index in [4.69, 9.17) is 5.73 Å². The molecule has 0 bridgehead atoms. The van der Waals surface area contributed by atoms with Crippen molar-refractivity contribution >= 4 is 22.2 Å². The molecule has 2 aromatic carbocycles. The molecular weight excluding hydrogens is 252 g/mol. The molecule has 0 unspecified atom stereocenters. The molecule has 5 heteroatoms. The number of hydrogen-bond donors (Lipinski definition) is 1. The fraction of sp³-hybridized carbons (Fsp3) is 0.133. The maximum Gasteiger partial charge on any atom is 0.171 e. The largest absolute Gasteiger partial charge is 0.398 e. The number of fused-ring (bicyclic) bond motifs is 1. The van der Waals surface area contributed by atoms with Crippen molar-refractivity contribution in [2.24, 2.45) is 7.05 Å². The molecule has 0 aliphatic heterocycles. The minimum absolute atomic E-state index is 0.0475. The second-order valence-corrected chi connectivity index (χ2v) is 4.77. The van der Waals surface area contributed by atoms with Crippen molar-refractivity contribution < 1.29 is 4.79 Å². The number of Topliss-reactive ketones (excluding diaryl/α,β-unsaturated/α-hetero) is 1. The quantitative estimate of drug-likeness (QED) is 0.581. The Bertz CT molecular complexity index is 791. The zero-order valence-electron chi connectivity index (χ0n) is 11.1. The Hall–Kier alpha value is -2.69. The van der Waals surface area contributed by atoms with Gasteiger partial charge in [0, 0.05) is 24.5 Å². The topological polar surface area (TPSA) is 73.8 Å². The van der Waals surface area contributed by atoms with E-state index in [1.165, 1.54) is 0 Å². The fourth-order valence-electron chi connectivity index (χ4n) is 2.24. The van der Waals surface area contributed by atoms with Gasteiger partial charge in [0.2, 0.25) is 0 Å². The molecule has 100 valence electrons. The van der Waals surface area contributed by atoms with Crippen molar-refractivity contribution in [3.8, 4) is 0 Å². The van der Waals surface area contributed by atoms with E-state index in [0.717, 1.165) is 10.8 Å². The van der Waals surface area contributed by atoms with Gasteiger partial charge in [-0.1, -0.05) is 29.5 Å². The monoisotopic (exact) mass is 266 g/mol. The first-order valence-electron chi connectivity index (χ1n) is 6.30. The summed E-state index contributed by atoms with van der Waals surface area (Å²) >= 11 is 0. The second-order valence-electron chi connectivity index (χ2n) is 4.77. The standard InChI is InChI=1S/C15H14N4O/c1-19-9-12(17-18-19)8-15(20)13-6-10-4-2-3-5-11(10)7-14(13)16/h2-7,9H,8,16H2,1H3. The minimum Gasteiger partial charge on any atom is -0.398 e. The van der Waals surface area contributed by atoms with Crippen LogP contribution in [-0.4, -0.2) is 20.8 Å². The SMILES string of the molecule is Cn1cc(CC(=O)c2cc3ccccc3cc2N)nn1. The first-order chi connectivity index (χ1) is 9.63. The summed E-state index contributed by atoms with van der Waals surface area (Å²) < 4.78 is 1.58. The number of ketones is 1. The highest BCUT2D eigenvalue weighted by Gasteiger charge is 2.13. The van der Waals surface area contributed by atoms with Crippen molar-refractivity contribution in [2.75, 3.05) is 5.73 Å². The van der Waals surface area contributed by atoms with E-state index in [9.17, 15) is 4.79 Å². The van der Waals surface area contributed by atoms with E-state index >= 15 is 0 Å². The third-order valence-corrected chi connectivity index (χ3v) is 3.21. The van der Waals surface area contributed by atoms with Crippen molar-refractivity contribution in [3.05, 3.63) is 53.9 Å². The lowest BCUT2D eigenvalue weighted by molar-refractivity contribution is 0.0993. The van der Waals surface area contributed by atoms with Crippen LogP contribution in [0.25, 0.3) is 10.8 Å². The van der Waals surface area contributed by atoms with Gasteiger partial charge in [-0.25, -0.2) is 0 Å². The molecule has 0 radical (unpaired) electrons. The lowest BCUT2D eigenvalue weighted by Gasteiger charge is -2.06. The van der Waals surface area contributed by atoms with Crippen LogP contribution in [0.3, 0.4) is 0 Å². The number of nitrogens with two attached hydrogens (primary N) is 1. The number of anilines is 1. The summed E-state index contributed by atoms with van der Waals surface area (Å²) in [5, 5.41) is 9.78. The third-order valence-electron chi connectivity index (χ3n) is 3.21. The molecule has 0 atom stereocenters. The van der Waals surface area contributed by atoms with Gasteiger partial charge in [-0.05, 0) is 22.9 Å². The Balaban J connectivity index is 1.96. The van der Waals surface area contributed by atoms with E-state index in [0.29, 0.717) is 16.9 Å². The van der Waals surface area contributed by atoms with E-state index < -0.39 is 0 Å². The highest BCUT2D eigenvalue weighted by molar-refractivity contribution is 6.05. The number of carbonyl (C=O) groups is 1. The first kappa shape index (κ1) is 12.3. The zero-order chi connectivity index (χ0) is 14.1. The number of carbonyl (C=O) groups excluding carboxylic acids is 1. The number of hydrogen-bond acceptors (Lipinski definition) is 4. The van der Waals surface area contributed by atoms with Crippen molar-refractivity contribution in [1.82, 2.24) is 15.0 Å². The number of aryl methyl sites for hydroxylation is 1. The van der Waals surface area contributed by atoms with Crippen LogP contribution in [-0.2, 0) is 13.5 Å². The molecule has 0 saturated heterocycles. The Morgan fingerprint density at radius 2 is 1.95 bits per heavy atom. The van der Waals surface area contributed by atoms with Crippen molar-refractivity contribution in [1.29, 1.82) is 0 Å². The summed E-state index contributed by atoms with van der Waals surface area (Å²) in [6.45, 7) is 0. The Labute approximate surface area is 116 Å². The van der Waals surface area contributed by atoms with Gasteiger partial charge >= 0.3 is 0 Å². The highest BCUT2D eigenvalue weighted by Crippen LogP contribution is 2.23. The average molecular weight is 266 g/mol. The van der Waals surface area contributed by atoms with Crippen LogP contribution in [0.2, 0.25) is 0 Å². The molecule has 0 aliphatic rings. The molecule has 3 rings (SSSR count). The van der Waals surface area contributed by atoms with Crippen LogP contribution >= 0.6 is 0 Å². The van der Waals surface area contributed by atoms with Gasteiger partial charge < -0.3 is 5.73 Å². The normalized spacial score (nSPS) is 10.8. The summed E-state index contributed by atoms with van der Waals surface area (Å²) in [6.07, 6.45) is 1.94. The van der Waals surface area contributed by atoms with Crippen molar-refractivity contribution in [2.45, 2.75) is 6.42 Å². The Morgan fingerprint density at radius 1 is 1.25 bits per heavy atom. The summed E-state index contributed by atoms with van der Waals surface area (Å²) in [7, 11) is 1.77. The van der Waals surface area contributed by atoms with Crippen LogP contribution in [0.1, 0.15) is 16.1 Å². The molecule has 3 aromatic rings. The molecule has 1 aromatic heterocycles. The van der Waals surface area contributed by atoms with Gasteiger partial charge in [-0.3, -0.25) is 9.48 Å². The second kappa shape index (κ2) is 4.77. The highest BCUT2D eigenvalue weighted by atomic mass is 16.1. The van der Waals surface area contributed by atoms with Crippen LogP contribution in [0.5, 0.6) is 0 Å². The molecule has 0 aliphatic carbocycles. The van der Waals surface area contributed by atoms with Crippen LogP contribution < -0.4 is 5.73 Å². The number of nitrogen functional groups attached to an aromatic ring is 1. The van der Waals surface area contributed by atoms with Crippen molar-refractivity contribution in [3.63, 3.8) is 0 Å². The van der Waals surface area contributed by atoms with Gasteiger partial charge in [-0.15, -0.1) is 5.10 Å². The van der Waals surface area contributed by atoms with E-state index in [1.54, 1.807) is 17.9 Å². The summed E-state index contributed by atoms with van der Waals surface area (Å²) in [5.41, 5.74) is 7.66. The molecular formula is C15H14N4O.